The number of ether oxygens (including phenoxy) is 3. The number of aromatic nitrogens is 1. The van der Waals surface area contributed by atoms with E-state index in [0.717, 1.165) is 73.5 Å². The highest BCUT2D eigenvalue weighted by atomic mass is 35.5. The molecule has 0 radical (unpaired) electrons. The van der Waals surface area contributed by atoms with Gasteiger partial charge in [-0.25, -0.2) is 9.78 Å². The number of pyridine rings is 1. The largest absolute Gasteiger partial charge is 0.383 e. The Hall–Kier alpha value is -3.32. The molecule has 11 nitrogen and oxygen atoms in total. The zero-order valence-corrected chi connectivity index (χ0v) is 32.3. The summed E-state index contributed by atoms with van der Waals surface area (Å²) in [5.41, 5.74) is 2.46. The molecule has 9 rings (SSSR count). The molecule has 12 heteroatoms. The number of nitrogens with zero attached hydrogens (tertiary/aromatic N) is 2. The molecule has 1 spiro atoms. The van der Waals surface area contributed by atoms with Crippen LogP contribution >= 0.6 is 11.6 Å². The van der Waals surface area contributed by atoms with Crippen molar-refractivity contribution in [2.24, 2.45) is 23.7 Å². The van der Waals surface area contributed by atoms with Gasteiger partial charge < -0.3 is 29.7 Å². The van der Waals surface area contributed by atoms with E-state index in [1.54, 1.807) is 11.1 Å². The van der Waals surface area contributed by atoms with Crippen LogP contribution in [-0.2, 0) is 35.4 Å². The number of hydrogen-bond donors (Lipinski definition) is 2. The zero-order chi connectivity index (χ0) is 37.5. The van der Waals surface area contributed by atoms with Crippen LogP contribution in [0, 0.1) is 23.7 Å². The summed E-state index contributed by atoms with van der Waals surface area (Å²) in [4.78, 5) is 45.5. The summed E-state index contributed by atoms with van der Waals surface area (Å²) in [7, 11) is 0. The molecule has 2 aliphatic carbocycles. The second-order valence-electron chi connectivity index (χ2n) is 16.4. The van der Waals surface area contributed by atoms with E-state index in [0.29, 0.717) is 42.1 Å². The minimum Gasteiger partial charge on any atom is -0.383 e. The van der Waals surface area contributed by atoms with Gasteiger partial charge in [-0.2, -0.15) is 0 Å². The second-order valence-corrected chi connectivity index (χ2v) is 16.8. The van der Waals surface area contributed by atoms with Gasteiger partial charge in [0.05, 0.1) is 18.7 Å². The first kappa shape index (κ1) is 37.6. The first-order valence-electron chi connectivity index (χ1n) is 19.9. The molecule has 1 unspecified atom stereocenters. The lowest BCUT2D eigenvalue weighted by Gasteiger charge is -2.60. The molecule has 2 bridgehead atoms. The Morgan fingerprint density at radius 1 is 0.981 bits per heavy atom. The zero-order valence-electron chi connectivity index (χ0n) is 31.6. The van der Waals surface area contributed by atoms with Crippen LogP contribution in [0.4, 0.5) is 5.69 Å². The maximum atomic E-state index is 14.0. The lowest BCUT2D eigenvalue weighted by atomic mass is 9.58. The Bertz CT molecular complexity index is 1820. The Kier molecular flexibility index (Phi) is 10.9. The van der Waals surface area contributed by atoms with E-state index in [2.05, 4.69) is 29.5 Å². The standard InChI is InChI=1S/C42H53ClN4O7/c1-26-9-16-34-27(2)39(51-40-42(34)33(26)17-19-41(3,52-40)53-54-42)50-25-28-10-12-29(13-11-28)38(49)47(24-37(48)46-31-7-5-4-6-8-31)22-21-45-35-18-20-44-36-23-30(43)14-15-32(35)36/h10-15,18,20,23,26-27,31,33-34,39-40H,4-9,16-17,19,21-22,24-25H2,1-3H3,(H,44,45)(H,46,48)/t26-,27-,33+,34+,39+,40?,41+,42-/m1/s1. The predicted molar refractivity (Wildman–Crippen MR) is 204 cm³/mol. The van der Waals surface area contributed by atoms with Crippen molar-refractivity contribution in [3.05, 3.63) is 70.9 Å². The maximum Gasteiger partial charge on any atom is 0.254 e. The topological polar surface area (TPSA) is 120 Å². The fourth-order valence-corrected chi connectivity index (χ4v) is 9.88. The summed E-state index contributed by atoms with van der Waals surface area (Å²) in [6.07, 6.45) is 9.94. The number of fused-ring (bicyclic) bond motifs is 3. The molecule has 2 aromatic carbocycles. The average Bonchev–Trinajstić information content (AvgIpc) is 3.41. The number of carbonyl (C=O) groups excluding carboxylic acids is 2. The fraction of sp³-hybridized carbons (Fsp3) is 0.595. The molecule has 4 saturated heterocycles. The van der Waals surface area contributed by atoms with Crippen LogP contribution in [0.1, 0.15) is 94.5 Å². The maximum absolute atomic E-state index is 14.0. The number of anilines is 1. The first-order valence-corrected chi connectivity index (χ1v) is 20.3. The first-order chi connectivity index (χ1) is 26.1. The second kappa shape index (κ2) is 15.7. The Morgan fingerprint density at radius 3 is 2.61 bits per heavy atom. The van der Waals surface area contributed by atoms with Crippen molar-refractivity contribution in [1.29, 1.82) is 0 Å². The average molecular weight is 761 g/mol. The molecule has 6 aliphatic rings. The van der Waals surface area contributed by atoms with Crippen LogP contribution in [0.25, 0.3) is 10.9 Å². The number of halogens is 1. The van der Waals surface area contributed by atoms with E-state index < -0.39 is 24.0 Å². The molecule has 4 aliphatic heterocycles. The Labute approximate surface area is 322 Å². The van der Waals surface area contributed by atoms with Gasteiger partial charge in [-0.15, -0.1) is 0 Å². The smallest absolute Gasteiger partial charge is 0.254 e. The molecule has 54 heavy (non-hydrogen) atoms. The molecule has 1 aromatic heterocycles. The van der Waals surface area contributed by atoms with E-state index >= 15 is 0 Å². The molecule has 5 heterocycles. The predicted octanol–water partition coefficient (Wildman–Crippen LogP) is 7.62. The van der Waals surface area contributed by atoms with Crippen LogP contribution in [0.2, 0.25) is 5.02 Å². The van der Waals surface area contributed by atoms with E-state index in [1.807, 2.05) is 55.5 Å². The molecule has 290 valence electrons. The molecule has 2 N–H and O–H groups in total. The van der Waals surface area contributed by atoms with Gasteiger partial charge in [0.2, 0.25) is 11.7 Å². The van der Waals surface area contributed by atoms with Gasteiger partial charge in [0.15, 0.2) is 18.2 Å². The number of nitrogens with one attached hydrogen (secondary N) is 2. The minimum absolute atomic E-state index is 0.0230. The summed E-state index contributed by atoms with van der Waals surface area (Å²) < 4.78 is 19.5. The summed E-state index contributed by atoms with van der Waals surface area (Å²) in [5, 5.41) is 8.17. The minimum atomic E-state index is -0.840. The van der Waals surface area contributed by atoms with Crippen LogP contribution in [0.3, 0.4) is 0 Å². The van der Waals surface area contributed by atoms with Crippen molar-refractivity contribution in [3.63, 3.8) is 0 Å². The van der Waals surface area contributed by atoms with E-state index in [-0.39, 0.29) is 36.2 Å². The lowest BCUT2D eigenvalue weighted by Crippen LogP contribution is -2.70. The van der Waals surface area contributed by atoms with Crippen LogP contribution in [-0.4, -0.2) is 71.3 Å². The number of amides is 2. The third-order valence-electron chi connectivity index (χ3n) is 12.7. The van der Waals surface area contributed by atoms with E-state index in [9.17, 15) is 9.59 Å². The fourth-order valence-electron chi connectivity index (χ4n) is 9.71. The summed E-state index contributed by atoms with van der Waals surface area (Å²) >= 11 is 6.19. The van der Waals surface area contributed by atoms with Gasteiger partial charge in [-0.3, -0.25) is 14.6 Å². The van der Waals surface area contributed by atoms with Crippen LogP contribution in [0.15, 0.2) is 54.7 Å². The Morgan fingerprint density at radius 2 is 1.80 bits per heavy atom. The number of hydrogen-bond acceptors (Lipinski definition) is 9. The van der Waals surface area contributed by atoms with Crippen molar-refractivity contribution in [3.8, 4) is 0 Å². The van der Waals surface area contributed by atoms with Crippen LogP contribution in [0.5, 0.6) is 0 Å². The molecule has 2 saturated carbocycles. The van der Waals surface area contributed by atoms with Crippen LogP contribution < -0.4 is 10.6 Å². The molecular formula is C42H53ClN4O7. The normalized spacial score (nSPS) is 32.1. The van der Waals surface area contributed by atoms with Crippen molar-refractivity contribution in [1.82, 2.24) is 15.2 Å². The van der Waals surface area contributed by atoms with Gasteiger partial charge in [0.25, 0.3) is 5.91 Å². The molecule has 2 amide bonds. The number of rotatable bonds is 11. The summed E-state index contributed by atoms with van der Waals surface area (Å²) in [5.74, 6) is -0.153. The van der Waals surface area contributed by atoms with E-state index in [4.69, 9.17) is 35.6 Å². The monoisotopic (exact) mass is 760 g/mol. The third-order valence-corrected chi connectivity index (χ3v) is 12.9. The Balaban J connectivity index is 0.925. The van der Waals surface area contributed by atoms with Gasteiger partial charge in [0, 0.05) is 65.2 Å². The number of carbonyl (C=O) groups is 2. The van der Waals surface area contributed by atoms with Crippen molar-refractivity contribution in [2.45, 2.75) is 115 Å². The summed E-state index contributed by atoms with van der Waals surface area (Å²) in [6.45, 7) is 7.48. The highest BCUT2D eigenvalue weighted by Gasteiger charge is 2.69. The number of benzene rings is 2. The quantitative estimate of drug-likeness (QED) is 0.190. The van der Waals surface area contributed by atoms with E-state index in [1.165, 1.54) is 6.42 Å². The molecule has 8 atom stereocenters. The molecular weight excluding hydrogens is 708 g/mol. The van der Waals surface area contributed by atoms with Gasteiger partial charge in [0.1, 0.15) is 0 Å². The third kappa shape index (κ3) is 7.47. The van der Waals surface area contributed by atoms with Crippen molar-refractivity contribution in [2.75, 3.05) is 25.0 Å². The van der Waals surface area contributed by atoms with Gasteiger partial charge >= 0.3 is 0 Å². The van der Waals surface area contributed by atoms with Gasteiger partial charge in [-0.05, 0) is 92.8 Å². The van der Waals surface area contributed by atoms with Gasteiger partial charge in [-0.1, -0.05) is 56.8 Å². The lowest BCUT2D eigenvalue weighted by molar-refractivity contribution is -0.577. The SMILES string of the molecule is C[C@H]1[C@@H](OCc2ccc(C(=O)N(CCNc3ccnc4cc(Cl)ccc34)CC(=O)NC3CCCCC3)cc2)OC2O[C@]3(C)CC[C@H]4[C@H](C)CC[C@@H]1[C@@]24OO3. The molecule has 6 fully saturated rings. The van der Waals surface area contributed by atoms with Crippen molar-refractivity contribution >= 4 is 40.0 Å². The highest BCUT2D eigenvalue weighted by molar-refractivity contribution is 6.31. The van der Waals surface area contributed by atoms with Crippen molar-refractivity contribution < 1.29 is 33.6 Å². The summed E-state index contributed by atoms with van der Waals surface area (Å²) in [6, 6.07) is 15.1. The molecule has 3 aromatic rings. The highest BCUT2D eigenvalue weighted by Crippen LogP contribution is 2.60.